The van der Waals surface area contributed by atoms with Crippen LogP contribution < -0.4 is 10.6 Å². The third-order valence-electron chi connectivity index (χ3n) is 4.33. The number of nitrogens with zero attached hydrogens (tertiary/aromatic N) is 2. The fraction of sp³-hybridized carbons (Fsp3) is 0.158. The minimum Gasteiger partial charge on any atom is -0.332 e. The van der Waals surface area contributed by atoms with E-state index in [0.717, 1.165) is 4.68 Å². The molecule has 30 heavy (non-hydrogen) atoms. The van der Waals surface area contributed by atoms with Gasteiger partial charge in [0.25, 0.3) is 0 Å². The number of aromatic nitrogens is 2. The monoisotopic (exact) mass is 460 g/mol. The quantitative estimate of drug-likeness (QED) is 0.227. The van der Waals surface area contributed by atoms with Crippen molar-refractivity contribution in [2.75, 3.05) is 10.6 Å². The van der Waals surface area contributed by atoms with Crippen LogP contribution in [0.4, 0.5) is 33.3 Å². The van der Waals surface area contributed by atoms with E-state index in [1.807, 2.05) is 0 Å². The lowest BCUT2D eigenvalue weighted by molar-refractivity contribution is 0.366. The Balaban J connectivity index is 1.84. The molecule has 0 atom stereocenters. The number of rotatable bonds is 4. The second kappa shape index (κ2) is 8.57. The maximum atomic E-state index is 14.0. The molecule has 11 heteroatoms. The van der Waals surface area contributed by atoms with Gasteiger partial charge in [-0.15, -0.1) is 0 Å². The van der Waals surface area contributed by atoms with Crippen molar-refractivity contribution in [2.24, 2.45) is 0 Å². The van der Waals surface area contributed by atoms with E-state index in [1.54, 1.807) is 38.1 Å². The van der Waals surface area contributed by atoms with E-state index in [-0.39, 0.29) is 5.11 Å². The highest BCUT2D eigenvalue weighted by molar-refractivity contribution is 7.80. The molecule has 0 amide bonds. The molecule has 0 aliphatic rings. The molecule has 0 aliphatic carbocycles. The Labute approximate surface area is 178 Å². The molecule has 0 saturated carbocycles. The number of nitrogens with one attached hydrogen (secondary N) is 2. The van der Waals surface area contributed by atoms with Crippen molar-refractivity contribution in [1.29, 1.82) is 0 Å². The first-order valence-corrected chi connectivity index (χ1v) is 9.26. The van der Waals surface area contributed by atoms with Crippen molar-refractivity contribution in [3.63, 3.8) is 0 Å². The maximum absolute atomic E-state index is 14.0. The number of halogens is 6. The first-order valence-electron chi connectivity index (χ1n) is 8.48. The van der Waals surface area contributed by atoms with Crippen LogP contribution in [-0.4, -0.2) is 14.9 Å². The molecule has 0 saturated heterocycles. The van der Waals surface area contributed by atoms with Crippen molar-refractivity contribution >= 4 is 40.3 Å². The van der Waals surface area contributed by atoms with Crippen LogP contribution in [0.15, 0.2) is 24.3 Å². The lowest BCUT2D eigenvalue weighted by atomic mass is 10.1. The van der Waals surface area contributed by atoms with Gasteiger partial charge >= 0.3 is 0 Å². The lowest BCUT2D eigenvalue weighted by Crippen LogP contribution is -2.20. The number of hydrogen-bond donors (Lipinski definition) is 2. The number of thiocarbonyl (C=S) groups is 1. The van der Waals surface area contributed by atoms with Gasteiger partial charge in [0.05, 0.1) is 29.2 Å². The predicted octanol–water partition coefficient (Wildman–Crippen LogP) is 5.71. The van der Waals surface area contributed by atoms with Gasteiger partial charge in [-0.3, -0.25) is 4.68 Å². The highest BCUT2D eigenvalue weighted by Gasteiger charge is 2.26. The Morgan fingerprint density at radius 3 is 2.03 bits per heavy atom. The van der Waals surface area contributed by atoms with Crippen molar-refractivity contribution < 1.29 is 22.0 Å². The third-order valence-corrected chi connectivity index (χ3v) is 4.79. The second-order valence-corrected chi connectivity index (χ2v) is 7.18. The molecular formula is C19H14ClF5N4S. The van der Waals surface area contributed by atoms with Gasteiger partial charge in [0.15, 0.2) is 28.4 Å². The van der Waals surface area contributed by atoms with Gasteiger partial charge in [0.2, 0.25) is 5.82 Å². The molecule has 0 unspecified atom stereocenters. The topological polar surface area (TPSA) is 41.9 Å². The number of aryl methyl sites for hydroxylation is 1. The molecule has 4 nitrogen and oxygen atoms in total. The predicted molar refractivity (Wildman–Crippen MR) is 108 cm³/mol. The fourth-order valence-corrected chi connectivity index (χ4v) is 3.13. The lowest BCUT2D eigenvalue weighted by Gasteiger charge is -2.12. The summed E-state index contributed by atoms with van der Waals surface area (Å²) in [5.74, 6) is -10.0. The first-order chi connectivity index (χ1) is 14.1. The summed E-state index contributed by atoms with van der Waals surface area (Å²) in [6.45, 7) is 2.52. The van der Waals surface area contributed by atoms with Crippen molar-refractivity contribution in [3.8, 4) is 0 Å². The maximum Gasteiger partial charge on any atom is 0.200 e. The van der Waals surface area contributed by atoms with E-state index in [1.165, 1.54) is 0 Å². The van der Waals surface area contributed by atoms with E-state index >= 15 is 0 Å². The SMILES string of the molecule is Cc1nn(Cc2c(F)c(F)c(F)c(F)c2F)c(C)c1NC(=S)Nc1ccc(Cl)cc1. The summed E-state index contributed by atoms with van der Waals surface area (Å²) < 4.78 is 69.3. The first kappa shape index (κ1) is 22.0. The van der Waals surface area contributed by atoms with Crippen molar-refractivity contribution in [1.82, 2.24) is 9.78 Å². The molecule has 0 aliphatic heterocycles. The van der Waals surface area contributed by atoms with Gasteiger partial charge in [-0.1, -0.05) is 11.6 Å². The van der Waals surface area contributed by atoms with Crippen LogP contribution in [0, 0.1) is 42.9 Å². The summed E-state index contributed by atoms with van der Waals surface area (Å²) in [6, 6.07) is 6.77. The summed E-state index contributed by atoms with van der Waals surface area (Å²) >= 11 is 11.1. The Bertz CT molecular complexity index is 1100. The zero-order valence-corrected chi connectivity index (χ0v) is 17.2. The minimum atomic E-state index is -2.21. The number of anilines is 2. The van der Waals surface area contributed by atoms with Crippen molar-refractivity contribution in [2.45, 2.75) is 20.4 Å². The van der Waals surface area contributed by atoms with Gasteiger partial charge in [-0.25, -0.2) is 22.0 Å². The molecule has 0 fully saturated rings. The molecule has 1 heterocycles. The van der Waals surface area contributed by atoms with Gasteiger partial charge in [0.1, 0.15) is 0 Å². The Kier molecular flexibility index (Phi) is 6.27. The third kappa shape index (κ3) is 4.24. The van der Waals surface area contributed by atoms with Crippen LogP contribution in [0.1, 0.15) is 17.0 Å². The highest BCUT2D eigenvalue weighted by Crippen LogP contribution is 2.26. The molecule has 2 N–H and O–H groups in total. The summed E-state index contributed by atoms with van der Waals surface area (Å²) in [5.41, 5.74) is 0.921. The normalized spacial score (nSPS) is 10.9. The van der Waals surface area contributed by atoms with Crippen LogP contribution in [-0.2, 0) is 6.54 Å². The average Bonchev–Trinajstić information content (AvgIpc) is 2.97. The van der Waals surface area contributed by atoms with Crippen LogP contribution in [0.2, 0.25) is 5.02 Å². The Hall–Kier alpha value is -2.72. The molecule has 3 rings (SSSR count). The average molecular weight is 461 g/mol. The van der Waals surface area contributed by atoms with Gasteiger partial charge in [-0.2, -0.15) is 5.10 Å². The second-order valence-electron chi connectivity index (χ2n) is 6.34. The Morgan fingerprint density at radius 2 is 1.47 bits per heavy atom. The van der Waals surface area contributed by atoms with Gasteiger partial charge < -0.3 is 10.6 Å². The van der Waals surface area contributed by atoms with Gasteiger partial charge in [-0.05, 0) is 50.3 Å². The summed E-state index contributed by atoms with van der Waals surface area (Å²) in [4.78, 5) is 0. The van der Waals surface area contributed by atoms with E-state index in [0.29, 0.717) is 27.8 Å². The molecular weight excluding hydrogens is 447 g/mol. The van der Waals surface area contributed by atoms with Crippen LogP contribution in [0.25, 0.3) is 0 Å². The zero-order chi connectivity index (χ0) is 22.2. The van der Waals surface area contributed by atoms with Gasteiger partial charge in [0, 0.05) is 10.7 Å². The largest absolute Gasteiger partial charge is 0.332 e. The molecule has 158 valence electrons. The summed E-state index contributed by atoms with van der Waals surface area (Å²) in [7, 11) is 0. The summed E-state index contributed by atoms with van der Waals surface area (Å²) in [6.07, 6.45) is 0. The van der Waals surface area contributed by atoms with E-state index < -0.39 is 41.2 Å². The molecule has 0 bridgehead atoms. The highest BCUT2D eigenvalue weighted by atomic mass is 35.5. The van der Waals surface area contributed by atoms with Crippen LogP contribution in [0.5, 0.6) is 0 Å². The molecule has 3 aromatic rings. The summed E-state index contributed by atoms with van der Waals surface area (Å²) in [5, 5.41) is 10.7. The standard InChI is InChI=1S/C19H14ClF5N4S/c1-8-18(27-19(30)26-11-5-3-10(20)4-6-11)9(2)29(28-8)7-12-13(21)15(23)17(25)16(24)14(12)22/h3-6H,7H2,1-2H3,(H2,26,27,30). The fourth-order valence-electron chi connectivity index (χ4n) is 2.78. The number of benzene rings is 2. The smallest absolute Gasteiger partial charge is 0.200 e. The van der Waals surface area contributed by atoms with Crippen LogP contribution in [0.3, 0.4) is 0 Å². The van der Waals surface area contributed by atoms with Crippen LogP contribution >= 0.6 is 23.8 Å². The van der Waals surface area contributed by atoms with Crippen molar-refractivity contribution in [3.05, 3.63) is 75.3 Å². The van der Waals surface area contributed by atoms with E-state index in [4.69, 9.17) is 23.8 Å². The minimum absolute atomic E-state index is 0.208. The zero-order valence-electron chi connectivity index (χ0n) is 15.6. The number of hydrogen-bond acceptors (Lipinski definition) is 2. The van der Waals surface area contributed by atoms with E-state index in [9.17, 15) is 22.0 Å². The van der Waals surface area contributed by atoms with E-state index in [2.05, 4.69) is 15.7 Å². The Morgan fingerprint density at radius 1 is 0.933 bits per heavy atom. The molecule has 0 radical (unpaired) electrons. The molecule has 1 aromatic heterocycles. The molecule has 2 aromatic carbocycles. The molecule has 0 spiro atoms.